The highest BCUT2D eigenvalue weighted by molar-refractivity contribution is 7.15. The molecule has 2 saturated carbocycles. The van der Waals surface area contributed by atoms with Gasteiger partial charge in [0.15, 0.2) is 5.13 Å². The van der Waals surface area contributed by atoms with Crippen LogP contribution in [-0.4, -0.2) is 10.9 Å². The first-order valence-electron chi connectivity index (χ1n) is 8.41. The quantitative estimate of drug-likeness (QED) is 0.891. The predicted octanol–water partition coefficient (Wildman–Crippen LogP) is 4.46. The van der Waals surface area contributed by atoms with Gasteiger partial charge in [-0.3, -0.25) is 4.79 Å². The molecule has 0 aromatic carbocycles. The Kier molecular flexibility index (Phi) is 5.09. The molecular formula is C17H23N3OS. The smallest absolute Gasteiger partial charge is 0.229 e. The third-order valence-corrected chi connectivity index (χ3v) is 6.19. The summed E-state index contributed by atoms with van der Waals surface area (Å²) in [6.07, 6.45) is 11.8. The fourth-order valence-electron chi connectivity index (χ4n) is 3.86. The average molecular weight is 317 g/mol. The second-order valence-corrected chi connectivity index (χ2v) is 7.61. The molecule has 4 nitrogen and oxygen atoms in total. The Morgan fingerprint density at radius 1 is 1.27 bits per heavy atom. The molecule has 5 heteroatoms. The largest absolute Gasteiger partial charge is 0.302 e. The van der Waals surface area contributed by atoms with E-state index in [1.54, 1.807) is 11.3 Å². The van der Waals surface area contributed by atoms with E-state index in [4.69, 9.17) is 5.26 Å². The molecule has 3 rings (SSSR count). The molecule has 2 atom stereocenters. The Balaban J connectivity index is 1.60. The van der Waals surface area contributed by atoms with Crippen LogP contribution in [0.15, 0.2) is 6.20 Å². The van der Waals surface area contributed by atoms with Crippen LogP contribution in [-0.2, 0) is 4.79 Å². The van der Waals surface area contributed by atoms with Gasteiger partial charge in [-0.2, -0.15) is 5.26 Å². The number of carbonyl (C=O) groups excluding carboxylic acids is 1. The Morgan fingerprint density at radius 3 is 2.86 bits per heavy atom. The summed E-state index contributed by atoms with van der Waals surface area (Å²) in [6.45, 7) is 0. The van der Waals surface area contributed by atoms with Gasteiger partial charge in [0.2, 0.25) is 5.91 Å². The molecule has 0 saturated heterocycles. The molecule has 0 spiro atoms. The maximum absolute atomic E-state index is 12.4. The van der Waals surface area contributed by atoms with Crippen LogP contribution in [0.4, 0.5) is 5.13 Å². The van der Waals surface area contributed by atoms with Crippen LogP contribution in [0.25, 0.3) is 0 Å². The normalized spacial score (nSPS) is 25.8. The first kappa shape index (κ1) is 15.5. The SMILES string of the molecule is N#CC[C@H]1CCC[C@@H]1C(=O)Nc1ncc(C2CCCCC2)s1. The third-order valence-electron chi connectivity index (χ3n) is 5.11. The van der Waals surface area contributed by atoms with Crippen LogP contribution >= 0.6 is 11.3 Å². The lowest BCUT2D eigenvalue weighted by molar-refractivity contribution is -0.120. The molecule has 2 aliphatic carbocycles. The van der Waals surface area contributed by atoms with Gasteiger partial charge >= 0.3 is 0 Å². The van der Waals surface area contributed by atoms with E-state index < -0.39 is 0 Å². The lowest BCUT2D eigenvalue weighted by atomic mass is 9.89. The van der Waals surface area contributed by atoms with Crippen LogP contribution in [0.2, 0.25) is 0 Å². The second kappa shape index (κ2) is 7.23. The van der Waals surface area contributed by atoms with E-state index >= 15 is 0 Å². The molecule has 1 aromatic heterocycles. The van der Waals surface area contributed by atoms with Gasteiger partial charge in [-0.05, 0) is 37.5 Å². The monoisotopic (exact) mass is 317 g/mol. The Labute approximate surface area is 135 Å². The number of thiazole rings is 1. The van der Waals surface area contributed by atoms with Crippen molar-refractivity contribution in [2.75, 3.05) is 5.32 Å². The third kappa shape index (κ3) is 3.49. The molecule has 22 heavy (non-hydrogen) atoms. The van der Waals surface area contributed by atoms with E-state index in [0.29, 0.717) is 12.3 Å². The average Bonchev–Trinajstić information content (AvgIpc) is 3.18. The van der Waals surface area contributed by atoms with Gasteiger partial charge < -0.3 is 5.32 Å². The summed E-state index contributed by atoms with van der Waals surface area (Å²) in [5.41, 5.74) is 0. The predicted molar refractivity (Wildman–Crippen MR) is 87.6 cm³/mol. The van der Waals surface area contributed by atoms with Crippen molar-refractivity contribution in [3.05, 3.63) is 11.1 Å². The minimum absolute atomic E-state index is 0.0123. The van der Waals surface area contributed by atoms with E-state index in [1.165, 1.54) is 37.0 Å². The number of nitrogens with zero attached hydrogens (tertiary/aromatic N) is 2. The molecule has 0 radical (unpaired) electrons. The minimum Gasteiger partial charge on any atom is -0.302 e. The standard InChI is InChI=1S/C17H23N3OS/c18-10-9-12-7-4-8-14(12)16(21)20-17-19-11-15(22-17)13-5-2-1-3-6-13/h11-14H,1-9H2,(H,19,20,21)/t12-,14+/m1/s1. The first-order chi connectivity index (χ1) is 10.8. The zero-order valence-electron chi connectivity index (χ0n) is 12.9. The van der Waals surface area contributed by atoms with Crippen molar-refractivity contribution >= 4 is 22.4 Å². The Morgan fingerprint density at radius 2 is 2.09 bits per heavy atom. The number of rotatable bonds is 4. The number of aromatic nitrogens is 1. The second-order valence-electron chi connectivity index (χ2n) is 6.55. The zero-order chi connectivity index (χ0) is 15.4. The number of nitriles is 1. The summed E-state index contributed by atoms with van der Waals surface area (Å²) in [4.78, 5) is 18.1. The van der Waals surface area contributed by atoms with Crippen molar-refractivity contribution in [2.24, 2.45) is 11.8 Å². The van der Waals surface area contributed by atoms with Gasteiger partial charge in [-0.25, -0.2) is 4.98 Å². The van der Waals surface area contributed by atoms with Crippen molar-refractivity contribution in [3.63, 3.8) is 0 Å². The topological polar surface area (TPSA) is 65.8 Å². The number of nitrogens with one attached hydrogen (secondary N) is 1. The molecule has 1 heterocycles. The zero-order valence-corrected chi connectivity index (χ0v) is 13.7. The van der Waals surface area contributed by atoms with Crippen LogP contribution < -0.4 is 5.32 Å². The summed E-state index contributed by atoms with van der Waals surface area (Å²) in [5, 5.41) is 12.6. The molecule has 0 bridgehead atoms. The van der Waals surface area contributed by atoms with E-state index in [2.05, 4.69) is 16.4 Å². The summed E-state index contributed by atoms with van der Waals surface area (Å²) >= 11 is 1.63. The summed E-state index contributed by atoms with van der Waals surface area (Å²) in [7, 11) is 0. The maximum atomic E-state index is 12.4. The lowest BCUT2D eigenvalue weighted by Crippen LogP contribution is -2.25. The van der Waals surface area contributed by atoms with Crippen LogP contribution in [0.5, 0.6) is 0 Å². The van der Waals surface area contributed by atoms with Gasteiger partial charge in [0, 0.05) is 23.4 Å². The number of hydrogen-bond donors (Lipinski definition) is 1. The molecule has 118 valence electrons. The van der Waals surface area contributed by atoms with Crippen molar-refractivity contribution in [3.8, 4) is 6.07 Å². The van der Waals surface area contributed by atoms with Crippen molar-refractivity contribution in [1.29, 1.82) is 5.26 Å². The van der Waals surface area contributed by atoms with Crippen LogP contribution in [0.1, 0.15) is 68.6 Å². The fourth-order valence-corrected chi connectivity index (χ4v) is 4.85. The number of hydrogen-bond acceptors (Lipinski definition) is 4. The fraction of sp³-hybridized carbons (Fsp3) is 0.706. The van der Waals surface area contributed by atoms with Gasteiger partial charge in [0.05, 0.1) is 6.07 Å². The molecule has 2 fully saturated rings. The first-order valence-corrected chi connectivity index (χ1v) is 9.23. The summed E-state index contributed by atoms with van der Waals surface area (Å²) < 4.78 is 0. The van der Waals surface area contributed by atoms with E-state index in [-0.39, 0.29) is 17.7 Å². The number of amides is 1. The molecular weight excluding hydrogens is 294 g/mol. The molecule has 1 aromatic rings. The van der Waals surface area contributed by atoms with Gasteiger partial charge in [-0.1, -0.05) is 25.7 Å². The van der Waals surface area contributed by atoms with Crippen LogP contribution in [0, 0.1) is 23.2 Å². The molecule has 0 unspecified atom stereocenters. The Hall–Kier alpha value is -1.41. The number of carbonyl (C=O) groups is 1. The summed E-state index contributed by atoms with van der Waals surface area (Å²) in [6, 6.07) is 2.21. The molecule has 2 aliphatic rings. The van der Waals surface area contributed by atoms with E-state index in [0.717, 1.165) is 24.4 Å². The lowest BCUT2D eigenvalue weighted by Gasteiger charge is -2.19. The van der Waals surface area contributed by atoms with Crippen LogP contribution in [0.3, 0.4) is 0 Å². The van der Waals surface area contributed by atoms with Crippen molar-refractivity contribution < 1.29 is 4.79 Å². The summed E-state index contributed by atoms with van der Waals surface area (Å²) in [5.74, 6) is 0.904. The molecule has 0 aliphatic heterocycles. The highest BCUT2D eigenvalue weighted by Crippen LogP contribution is 2.38. The minimum atomic E-state index is -0.0123. The van der Waals surface area contributed by atoms with Gasteiger partial charge in [-0.15, -0.1) is 11.3 Å². The number of anilines is 1. The van der Waals surface area contributed by atoms with Crippen molar-refractivity contribution in [2.45, 2.75) is 63.7 Å². The molecule has 1 amide bonds. The molecule has 1 N–H and O–H groups in total. The van der Waals surface area contributed by atoms with Gasteiger partial charge in [0.1, 0.15) is 0 Å². The van der Waals surface area contributed by atoms with E-state index in [9.17, 15) is 4.79 Å². The highest BCUT2D eigenvalue weighted by atomic mass is 32.1. The van der Waals surface area contributed by atoms with E-state index in [1.807, 2.05) is 6.20 Å². The van der Waals surface area contributed by atoms with Gasteiger partial charge in [0.25, 0.3) is 0 Å². The highest BCUT2D eigenvalue weighted by Gasteiger charge is 2.33. The Bertz CT molecular complexity index is 556. The maximum Gasteiger partial charge on any atom is 0.229 e. The van der Waals surface area contributed by atoms with Crippen molar-refractivity contribution in [1.82, 2.24) is 4.98 Å².